The lowest BCUT2D eigenvalue weighted by molar-refractivity contribution is 0.419. The summed E-state index contributed by atoms with van der Waals surface area (Å²) in [7, 11) is -1.71. The Morgan fingerprint density at radius 2 is 0.875 bits per heavy atom. The summed E-state index contributed by atoms with van der Waals surface area (Å²) in [6.45, 7) is 4.66. The van der Waals surface area contributed by atoms with Crippen molar-refractivity contribution in [2.75, 3.05) is 0 Å². The summed E-state index contributed by atoms with van der Waals surface area (Å²) in [5.74, 6) is 1.88. The molecule has 1 heterocycles. The lowest BCUT2D eigenvalue weighted by Gasteiger charge is -2.36. The molecular weight excluding hydrogens is 618 g/mol. The number of benzene rings is 7. The molecule has 0 aliphatic carbocycles. The van der Waals surface area contributed by atoms with Gasteiger partial charge < -0.3 is 4.74 Å². The van der Waals surface area contributed by atoms with Crippen molar-refractivity contribution in [2.24, 2.45) is 0 Å². The van der Waals surface area contributed by atoms with Crippen LogP contribution >= 0.6 is 15.8 Å². The van der Waals surface area contributed by atoms with Gasteiger partial charge in [-0.3, -0.25) is 0 Å². The van der Waals surface area contributed by atoms with E-state index in [4.69, 9.17) is 4.74 Å². The summed E-state index contributed by atoms with van der Waals surface area (Å²) in [6.07, 6.45) is 0. The fourth-order valence-electron chi connectivity index (χ4n) is 7.05. The quantitative estimate of drug-likeness (QED) is 0.156. The summed E-state index contributed by atoms with van der Waals surface area (Å²) in [4.78, 5) is 0. The van der Waals surface area contributed by atoms with Gasteiger partial charge in [0.25, 0.3) is 0 Å². The summed E-state index contributed by atoms with van der Waals surface area (Å²) in [5, 5.41) is 8.20. The zero-order chi connectivity index (χ0) is 32.5. The molecule has 0 atom stereocenters. The van der Waals surface area contributed by atoms with Crippen LogP contribution in [0, 0.1) is 0 Å². The fourth-order valence-corrected chi connectivity index (χ4v) is 12.3. The third-order valence-corrected chi connectivity index (χ3v) is 14.4. The van der Waals surface area contributed by atoms with E-state index in [2.05, 4.69) is 196 Å². The van der Waals surface area contributed by atoms with Gasteiger partial charge in [0.2, 0.25) is 0 Å². The number of hydrogen-bond acceptors (Lipinski definition) is 1. The Morgan fingerprint density at radius 1 is 0.417 bits per heavy atom. The second-order valence-electron chi connectivity index (χ2n) is 12.6. The first-order valence-electron chi connectivity index (χ1n) is 16.5. The normalized spacial score (nSPS) is 13.1. The molecule has 48 heavy (non-hydrogen) atoms. The van der Waals surface area contributed by atoms with Gasteiger partial charge in [-0.1, -0.05) is 178 Å². The van der Waals surface area contributed by atoms with Crippen molar-refractivity contribution in [2.45, 2.75) is 19.3 Å². The molecule has 0 fully saturated rings. The number of para-hydroxylation sites is 1. The van der Waals surface area contributed by atoms with E-state index < -0.39 is 15.8 Å². The van der Waals surface area contributed by atoms with Crippen LogP contribution in [0.25, 0.3) is 11.1 Å². The molecule has 3 heteroatoms. The molecule has 0 spiro atoms. The smallest absolute Gasteiger partial charge is 0.132 e. The van der Waals surface area contributed by atoms with Gasteiger partial charge in [-0.05, 0) is 77.0 Å². The van der Waals surface area contributed by atoms with Crippen molar-refractivity contribution in [3.8, 4) is 22.6 Å². The summed E-state index contributed by atoms with van der Waals surface area (Å²) >= 11 is 0. The maximum Gasteiger partial charge on any atom is 0.132 e. The maximum atomic E-state index is 6.58. The Kier molecular flexibility index (Phi) is 8.27. The summed E-state index contributed by atoms with van der Waals surface area (Å²) < 4.78 is 6.58. The Labute approximate surface area is 286 Å². The second-order valence-corrected chi connectivity index (χ2v) is 17.0. The van der Waals surface area contributed by atoms with Crippen LogP contribution in [0.4, 0.5) is 0 Å². The lowest BCUT2D eigenvalue weighted by Crippen LogP contribution is -2.35. The van der Waals surface area contributed by atoms with E-state index >= 15 is 0 Å². The largest absolute Gasteiger partial charge is 0.457 e. The highest BCUT2D eigenvalue weighted by molar-refractivity contribution is 7.85. The number of hydrogen-bond donors (Lipinski definition) is 0. The molecular formula is C45H36OP2. The SMILES string of the molecule is CC1(C)c2ccccc2Oc2cccc(-c3ccc(P(c4ccccc4)c4ccccc4)c(P(c4ccccc4)c4ccccc4)c3)c21. The average Bonchev–Trinajstić information content (AvgIpc) is 3.14. The van der Waals surface area contributed by atoms with Crippen molar-refractivity contribution in [3.63, 3.8) is 0 Å². The standard InChI is InChI=1S/C45H36OP2/c1-45(2)39-27-15-16-28-40(39)46-41-29-17-26-38(44(41)45)33-30-31-42(47(34-18-7-3-8-19-34)35-20-9-4-10-21-35)43(32-33)48(36-22-11-5-12-23-36)37-24-13-6-14-25-37/h3-32H,1-2H3. The number of fused-ring (bicyclic) bond motifs is 2. The van der Waals surface area contributed by atoms with Crippen molar-refractivity contribution in [1.29, 1.82) is 0 Å². The van der Waals surface area contributed by atoms with Crippen LogP contribution in [-0.2, 0) is 5.41 Å². The molecule has 0 saturated carbocycles. The van der Waals surface area contributed by atoms with Gasteiger partial charge in [-0.25, -0.2) is 0 Å². The van der Waals surface area contributed by atoms with Crippen LogP contribution < -0.4 is 36.6 Å². The molecule has 7 aromatic rings. The predicted molar refractivity (Wildman–Crippen MR) is 208 cm³/mol. The monoisotopic (exact) mass is 654 g/mol. The Balaban J connectivity index is 1.41. The van der Waals surface area contributed by atoms with E-state index in [1.54, 1.807) is 0 Å². The van der Waals surface area contributed by atoms with Crippen molar-refractivity contribution < 1.29 is 4.74 Å². The molecule has 1 nitrogen and oxygen atoms in total. The van der Waals surface area contributed by atoms with Gasteiger partial charge in [0, 0.05) is 16.5 Å². The molecule has 8 rings (SSSR count). The molecule has 0 unspecified atom stereocenters. The molecule has 0 bridgehead atoms. The summed E-state index contributed by atoms with van der Waals surface area (Å²) in [6, 6.07) is 66.6. The van der Waals surface area contributed by atoms with Gasteiger partial charge in [-0.2, -0.15) is 0 Å². The Bertz CT molecular complexity index is 2100. The minimum Gasteiger partial charge on any atom is -0.457 e. The molecule has 0 saturated heterocycles. The highest BCUT2D eigenvalue weighted by Gasteiger charge is 2.36. The van der Waals surface area contributed by atoms with Crippen LogP contribution in [-0.4, -0.2) is 0 Å². The average molecular weight is 655 g/mol. The fraction of sp³-hybridized carbons (Fsp3) is 0.0667. The Morgan fingerprint density at radius 3 is 1.42 bits per heavy atom. The molecule has 0 radical (unpaired) electrons. The molecule has 7 aromatic carbocycles. The zero-order valence-corrected chi connectivity index (χ0v) is 28.9. The van der Waals surface area contributed by atoms with E-state index in [-0.39, 0.29) is 5.41 Å². The minimum absolute atomic E-state index is 0.232. The van der Waals surface area contributed by atoms with Crippen molar-refractivity contribution in [1.82, 2.24) is 0 Å². The lowest BCUT2D eigenvalue weighted by atomic mass is 9.73. The molecule has 0 N–H and O–H groups in total. The molecule has 0 aromatic heterocycles. The molecule has 1 aliphatic heterocycles. The van der Waals surface area contributed by atoms with Crippen molar-refractivity contribution in [3.05, 3.63) is 193 Å². The van der Waals surface area contributed by atoms with Crippen LogP contribution in [0.15, 0.2) is 182 Å². The predicted octanol–water partition coefficient (Wildman–Crippen LogP) is 9.30. The number of rotatable bonds is 7. The zero-order valence-electron chi connectivity index (χ0n) is 27.1. The molecule has 0 amide bonds. The van der Waals surface area contributed by atoms with E-state index in [9.17, 15) is 0 Å². The van der Waals surface area contributed by atoms with Crippen LogP contribution in [0.5, 0.6) is 11.5 Å². The van der Waals surface area contributed by atoms with Crippen LogP contribution in [0.3, 0.4) is 0 Å². The minimum atomic E-state index is -0.879. The van der Waals surface area contributed by atoms with E-state index in [0.717, 1.165) is 11.5 Å². The van der Waals surface area contributed by atoms with E-state index in [1.807, 2.05) is 0 Å². The first-order chi connectivity index (χ1) is 23.6. The topological polar surface area (TPSA) is 9.23 Å². The number of ether oxygens (including phenoxy) is 1. The van der Waals surface area contributed by atoms with Gasteiger partial charge in [0.1, 0.15) is 11.5 Å². The maximum absolute atomic E-state index is 6.58. The first kappa shape index (κ1) is 30.5. The van der Waals surface area contributed by atoms with E-state index in [1.165, 1.54) is 54.1 Å². The van der Waals surface area contributed by atoms with Gasteiger partial charge in [0.05, 0.1) is 0 Å². The highest BCUT2D eigenvalue weighted by Crippen LogP contribution is 2.51. The second kappa shape index (κ2) is 13.0. The van der Waals surface area contributed by atoms with E-state index in [0.29, 0.717) is 0 Å². The highest BCUT2D eigenvalue weighted by atomic mass is 31.1. The van der Waals surface area contributed by atoms with Crippen LogP contribution in [0.1, 0.15) is 25.0 Å². The van der Waals surface area contributed by atoms with Crippen molar-refractivity contribution >= 4 is 47.7 Å². The third kappa shape index (κ3) is 5.58. The molecule has 232 valence electrons. The Hall–Kier alpha value is -4.80. The van der Waals surface area contributed by atoms with Gasteiger partial charge in [-0.15, -0.1) is 0 Å². The first-order valence-corrected chi connectivity index (χ1v) is 19.1. The van der Waals surface area contributed by atoms with Gasteiger partial charge in [0.15, 0.2) is 0 Å². The van der Waals surface area contributed by atoms with Crippen LogP contribution in [0.2, 0.25) is 0 Å². The molecule has 1 aliphatic rings. The van der Waals surface area contributed by atoms with Gasteiger partial charge >= 0.3 is 0 Å². The third-order valence-electron chi connectivity index (χ3n) is 9.26. The summed E-state index contributed by atoms with van der Waals surface area (Å²) in [5.41, 5.74) is 4.66.